The van der Waals surface area contributed by atoms with E-state index >= 15 is 0 Å². The monoisotopic (exact) mass is 712 g/mol. The van der Waals surface area contributed by atoms with Gasteiger partial charge in [0.1, 0.15) is 0 Å². The molecule has 0 radical (unpaired) electrons. The lowest BCUT2D eigenvalue weighted by Gasteiger charge is -2.12. The van der Waals surface area contributed by atoms with Gasteiger partial charge in [0.2, 0.25) is 0 Å². The Hall–Kier alpha value is -6.43. The van der Waals surface area contributed by atoms with Gasteiger partial charge in [-0.1, -0.05) is 135 Å². The van der Waals surface area contributed by atoms with Crippen LogP contribution in [-0.2, 0) is 6.42 Å². The van der Waals surface area contributed by atoms with Gasteiger partial charge in [-0.2, -0.15) is 0 Å². The molecule has 0 aliphatic heterocycles. The van der Waals surface area contributed by atoms with Gasteiger partial charge in [0.05, 0.1) is 11.0 Å². The van der Waals surface area contributed by atoms with Crippen LogP contribution in [0.1, 0.15) is 25.3 Å². The van der Waals surface area contributed by atoms with E-state index in [1.54, 1.807) is 0 Å². The molecule has 0 bridgehead atoms. The summed E-state index contributed by atoms with van der Waals surface area (Å²) in [5, 5.41) is 5.10. The number of benzene rings is 7. The Balaban J connectivity index is 1.11. The quantitative estimate of drug-likeness (QED) is 0.158. The number of hydrogen-bond acceptors (Lipinski definition) is 4. The maximum atomic E-state index is 5.16. The Labute approximate surface area is 318 Å². The summed E-state index contributed by atoms with van der Waals surface area (Å²) in [4.78, 5) is 15.3. The number of hydrogen-bond donors (Lipinski definition) is 0. The largest absolute Gasteiger partial charge is 0.309 e. The number of unbranched alkanes of at least 4 members (excludes halogenated alkanes) is 1. The van der Waals surface area contributed by atoms with E-state index in [9.17, 15) is 0 Å². The van der Waals surface area contributed by atoms with Crippen LogP contribution < -0.4 is 0 Å². The Morgan fingerprint density at radius 2 is 1.09 bits per heavy atom. The van der Waals surface area contributed by atoms with E-state index in [4.69, 9.17) is 15.0 Å². The van der Waals surface area contributed by atoms with Crippen LogP contribution >= 0.6 is 11.3 Å². The second kappa shape index (κ2) is 13.5. The zero-order valence-corrected chi connectivity index (χ0v) is 30.7. The zero-order chi connectivity index (χ0) is 36.0. The normalized spacial score (nSPS) is 11.6. The third-order valence-electron chi connectivity index (χ3n) is 10.4. The van der Waals surface area contributed by atoms with Crippen LogP contribution in [0.4, 0.5) is 0 Å². The summed E-state index contributed by atoms with van der Waals surface area (Å²) in [6.07, 6.45) is 3.52. The highest BCUT2D eigenvalue weighted by Gasteiger charge is 2.18. The van der Waals surface area contributed by atoms with Crippen LogP contribution in [0.5, 0.6) is 0 Å². The summed E-state index contributed by atoms with van der Waals surface area (Å²) in [6, 6.07) is 58.5. The molecular formula is C49H36N4S. The van der Waals surface area contributed by atoms with Crippen molar-refractivity contribution in [1.82, 2.24) is 19.5 Å². The number of rotatable bonds is 8. The number of thiophene rings is 1. The highest BCUT2D eigenvalue weighted by atomic mass is 32.1. The summed E-state index contributed by atoms with van der Waals surface area (Å²) in [5.41, 5.74) is 9.95. The third kappa shape index (κ3) is 5.74. The van der Waals surface area contributed by atoms with E-state index < -0.39 is 0 Å². The van der Waals surface area contributed by atoms with Crippen molar-refractivity contribution in [2.24, 2.45) is 0 Å². The summed E-state index contributed by atoms with van der Waals surface area (Å²) in [6.45, 7) is 2.24. The molecule has 0 saturated carbocycles. The SMILES string of the molecule is CCCCc1ccc(-c2cccc(-c3nc(-c4ccccc4)nc(-c4cccc(-n5c6ccccc6c6cc7c(cc65)sc5ccccc57)c4)n3)c2)cc1. The zero-order valence-electron chi connectivity index (χ0n) is 29.9. The molecule has 10 aromatic rings. The van der Waals surface area contributed by atoms with Crippen LogP contribution in [0.3, 0.4) is 0 Å². The minimum Gasteiger partial charge on any atom is -0.309 e. The Bertz CT molecular complexity index is 2980. The molecule has 3 heterocycles. The Morgan fingerprint density at radius 1 is 0.444 bits per heavy atom. The average molecular weight is 713 g/mol. The summed E-state index contributed by atoms with van der Waals surface area (Å²) < 4.78 is 4.98. The van der Waals surface area contributed by atoms with Gasteiger partial charge in [0, 0.05) is 53.3 Å². The second-order valence-electron chi connectivity index (χ2n) is 13.9. The van der Waals surface area contributed by atoms with E-state index in [0.717, 1.165) is 34.4 Å². The number of aryl methyl sites for hydroxylation is 1. The molecule has 0 N–H and O–H groups in total. The molecule has 258 valence electrons. The molecule has 7 aromatic carbocycles. The highest BCUT2D eigenvalue weighted by Crippen LogP contribution is 2.41. The van der Waals surface area contributed by atoms with Gasteiger partial charge in [0.25, 0.3) is 0 Å². The Kier molecular flexibility index (Phi) is 8.07. The average Bonchev–Trinajstić information content (AvgIpc) is 3.77. The fourth-order valence-corrected chi connectivity index (χ4v) is 8.80. The molecule has 0 aliphatic rings. The summed E-state index contributed by atoms with van der Waals surface area (Å²) in [7, 11) is 0. The predicted molar refractivity (Wildman–Crippen MR) is 227 cm³/mol. The number of nitrogens with zero attached hydrogens (tertiary/aromatic N) is 4. The van der Waals surface area contributed by atoms with Gasteiger partial charge in [0.15, 0.2) is 17.5 Å². The van der Waals surface area contributed by atoms with Gasteiger partial charge in [-0.3, -0.25) is 0 Å². The highest BCUT2D eigenvalue weighted by molar-refractivity contribution is 7.25. The van der Waals surface area contributed by atoms with Crippen LogP contribution in [-0.4, -0.2) is 19.5 Å². The van der Waals surface area contributed by atoms with E-state index in [1.807, 2.05) is 29.5 Å². The van der Waals surface area contributed by atoms with Crippen molar-refractivity contribution < 1.29 is 0 Å². The molecule has 0 unspecified atom stereocenters. The fourth-order valence-electron chi connectivity index (χ4n) is 7.68. The van der Waals surface area contributed by atoms with Crippen molar-refractivity contribution in [2.75, 3.05) is 0 Å². The maximum Gasteiger partial charge on any atom is 0.164 e. The van der Waals surface area contributed by atoms with Crippen molar-refractivity contribution in [3.63, 3.8) is 0 Å². The van der Waals surface area contributed by atoms with Crippen molar-refractivity contribution >= 4 is 53.3 Å². The molecule has 0 amide bonds. The summed E-state index contributed by atoms with van der Waals surface area (Å²) >= 11 is 1.85. The first-order valence-corrected chi connectivity index (χ1v) is 19.5. The van der Waals surface area contributed by atoms with E-state index in [-0.39, 0.29) is 0 Å². The number of fused-ring (bicyclic) bond motifs is 6. The van der Waals surface area contributed by atoms with Gasteiger partial charge >= 0.3 is 0 Å². The van der Waals surface area contributed by atoms with Crippen LogP contribution in [0.2, 0.25) is 0 Å². The lowest BCUT2D eigenvalue weighted by atomic mass is 10.00. The van der Waals surface area contributed by atoms with Crippen LogP contribution in [0.15, 0.2) is 164 Å². The lowest BCUT2D eigenvalue weighted by molar-refractivity contribution is 0.795. The number of aromatic nitrogens is 4. The minimum absolute atomic E-state index is 0.638. The first-order chi connectivity index (χ1) is 26.7. The van der Waals surface area contributed by atoms with E-state index in [0.29, 0.717) is 17.5 Å². The smallest absolute Gasteiger partial charge is 0.164 e. The second-order valence-corrected chi connectivity index (χ2v) is 15.0. The van der Waals surface area contributed by atoms with Gasteiger partial charge in [-0.05, 0) is 72.0 Å². The summed E-state index contributed by atoms with van der Waals surface area (Å²) in [5.74, 6) is 1.93. The molecule has 3 aromatic heterocycles. The first-order valence-electron chi connectivity index (χ1n) is 18.7. The molecule has 54 heavy (non-hydrogen) atoms. The van der Waals surface area contributed by atoms with Crippen LogP contribution in [0.25, 0.3) is 93.0 Å². The predicted octanol–water partition coefficient (Wildman–Crippen LogP) is 13.3. The molecule has 10 rings (SSSR count). The molecule has 5 heteroatoms. The first kappa shape index (κ1) is 32.2. The standard InChI is InChI=1S/C49H36N4S/c1-2-3-13-32-24-26-33(27-25-32)35-16-11-17-36(28-35)48-50-47(34-14-5-4-6-15-34)51-49(52-48)37-18-12-19-38(29-37)53-43-22-9-7-20-39(43)41-30-42-40-21-8-10-23-45(40)54-46(42)31-44(41)53/h4-12,14-31H,2-3,13H2,1H3. The van der Waals surface area contributed by atoms with Crippen molar-refractivity contribution in [1.29, 1.82) is 0 Å². The topological polar surface area (TPSA) is 43.6 Å². The van der Waals surface area contributed by atoms with Crippen LogP contribution in [0, 0.1) is 0 Å². The van der Waals surface area contributed by atoms with Crippen molar-refractivity contribution in [3.05, 3.63) is 169 Å². The van der Waals surface area contributed by atoms with Gasteiger partial charge in [-0.15, -0.1) is 11.3 Å². The van der Waals surface area contributed by atoms with Gasteiger partial charge < -0.3 is 4.57 Å². The lowest BCUT2D eigenvalue weighted by Crippen LogP contribution is -2.01. The molecule has 0 atom stereocenters. The Morgan fingerprint density at radius 3 is 1.89 bits per heavy atom. The minimum atomic E-state index is 0.638. The van der Waals surface area contributed by atoms with Crippen molar-refractivity contribution in [2.45, 2.75) is 26.2 Å². The molecule has 0 saturated heterocycles. The molecule has 0 fully saturated rings. The molecule has 0 spiro atoms. The van der Waals surface area contributed by atoms with Gasteiger partial charge in [-0.25, -0.2) is 15.0 Å². The number of para-hydroxylation sites is 1. The van der Waals surface area contributed by atoms with E-state index in [1.165, 1.54) is 65.9 Å². The van der Waals surface area contributed by atoms with Crippen molar-refractivity contribution in [3.8, 4) is 51.0 Å². The van der Waals surface area contributed by atoms with E-state index in [2.05, 4.69) is 157 Å². The molecule has 0 aliphatic carbocycles. The third-order valence-corrected chi connectivity index (χ3v) is 11.6. The molecule has 4 nitrogen and oxygen atoms in total. The maximum absolute atomic E-state index is 5.16. The fraction of sp³-hybridized carbons (Fsp3) is 0.0816. The molecular weight excluding hydrogens is 677 g/mol.